The van der Waals surface area contributed by atoms with Crippen molar-refractivity contribution in [1.82, 2.24) is 45.2 Å². The summed E-state index contributed by atoms with van der Waals surface area (Å²) in [6.45, 7) is 9.61. The highest BCUT2D eigenvalue weighted by molar-refractivity contribution is 6.05. The monoisotopic (exact) mass is 1200 g/mol. The summed E-state index contributed by atoms with van der Waals surface area (Å²) in [6.07, 6.45) is 10.7. The zero-order chi connectivity index (χ0) is 60.2. The molecule has 1 spiro atoms. The van der Waals surface area contributed by atoms with Crippen LogP contribution in [0.2, 0.25) is 0 Å². The maximum absolute atomic E-state index is 14.1. The van der Waals surface area contributed by atoms with E-state index in [4.69, 9.17) is 47.7 Å². The number of ether oxygens (including phenoxy) is 9. The van der Waals surface area contributed by atoms with Crippen LogP contribution in [0.5, 0.6) is 11.5 Å². The number of esters is 1. The minimum absolute atomic E-state index is 0.00265. The Bertz CT molecular complexity index is 3030. The van der Waals surface area contributed by atoms with E-state index in [0.29, 0.717) is 119 Å². The number of aromatic amines is 1. The van der Waals surface area contributed by atoms with Crippen molar-refractivity contribution in [3.05, 3.63) is 83.1 Å². The Balaban J connectivity index is 0.620. The van der Waals surface area contributed by atoms with Crippen molar-refractivity contribution in [2.75, 3.05) is 106 Å². The Labute approximate surface area is 500 Å². The molecule has 3 aliphatic carbocycles. The lowest BCUT2D eigenvalue weighted by molar-refractivity contribution is -0.191. The van der Waals surface area contributed by atoms with E-state index in [1.54, 1.807) is 21.8 Å². The summed E-state index contributed by atoms with van der Waals surface area (Å²) < 4.78 is 56.8. The topological polar surface area (TPSA) is 308 Å². The van der Waals surface area contributed by atoms with Gasteiger partial charge in [0, 0.05) is 40.6 Å². The van der Waals surface area contributed by atoms with Gasteiger partial charge in [0.25, 0.3) is 5.91 Å². The summed E-state index contributed by atoms with van der Waals surface area (Å²) in [4.78, 5) is 43.8. The van der Waals surface area contributed by atoms with Crippen LogP contribution in [0, 0.1) is 16.7 Å². The molecule has 2 aromatic carbocycles. The number of aliphatic hydroxyl groups is 3. The molecule has 86 heavy (non-hydrogen) atoms. The number of aliphatic hydroxyl groups excluding tert-OH is 2. The minimum atomic E-state index is -1.09. The summed E-state index contributed by atoms with van der Waals surface area (Å²) in [6, 6.07) is 11.0. The quantitative estimate of drug-likeness (QED) is 0.0185. The SMILES string of the molecule is CCC(CO)(COCc1cn(CCOCCOCCC(=O)O)nn1)COCC(CC)(CO)COCc1cn(CCOCCOCCC(=O)Oc2ccc3c4c2O[C@H]2[C@@H](NC(=O)c5cccc6cc[nH]c56)CC[C@@]5(O)C(C3)N(CC3CC3)CCC425)nn1. The second-order valence-electron chi connectivity index (χ2n) is 23.9. The second-order valence-corrected chi connectivity index (χ2v) is 23.9. The largest absolute Gasteiger partial charge is 0.483 e. The van der Waals surface area contributed by atoms with Gasteiger partial charge in [0.15, 0.2) is 11.5 Å². The van der Waals surface area contributed by atoms with E-state index in [2.05, 4.69) is 35.8 Å². The molecular formula is C61H85N9O16. The van der Waals surface area contributed by atoms with E-state index >= 15 is 0 Å². The smallest absolute Gasteiger partial charge is 0.313 e. The van der Waals surface area contributed by atoms with Crippen molar-refractivity contribution >= 4 is 28.7 Å². The first-order chi connectivity index (χ1) is 41.8. The molecular weight excluding hydrogens is 1110 g/mol. The van der Waals surface area contributed by atoms with Crippen LogP contribution >= 0.6 is 0 Å². The number of carbonyl (C=O) groups is 3. The number of nitrogens with zero attached hydrogens (tertiary/aromatic N) is 7. The molecule has 6 N–H and O–H groups in total. The summed E-state index contributed by atoms with van der Waals surface area (Å²) in [7, 11) is 0. The van der Waals surface area contributed by atoms with E-state index in [1.807, 2.05) is 56.4 Å². The molecule has 10 rings (SSSR count). The lowest BCUT2D eigenvalue weighted by atomic mass is 9.48. The zero-order valence-electron chi connectivity index (χ0n) is 49.5. The summed E-state index contributed by atoms with van der Waals surface area (Å²) in [5, 5.41) is 63.7. The van der Waals surface area contributed by atoms with E-state index in [1.165, 1.54) is 12.8 Å². The Morgan fingerprint density at radius 3 is 2.00 bits per heavy atom. The molecule has 2 bridgehead atoms. The molecule has 2 aliphatic heterocycles. The van der Waals surface area contributed by atoms with Gasteiger partial charge in [-0.3, -0.25) is 19.3 Å². The van der Waals surface area contributed by atoms with Crippen molar-refractivity contribution < 1.29 is 77.4 Å². The van der Waals surface area contributed by atoms with Gasteiger partial charge in [0.2, 0.25) is 0 Å². The molecule has 3 fully saturated rings. The number of hydrogen-bond donors (Lipinski definition) is 6. The predicted molar refractivity (Wildman–Crippen MR) is 308 cm³/mol. The first-order valence-electron chi connectivity index (χ1n) is 30.5. The highest BCUT2D eigenvalue weighted by Gasteiger charge is 2.73. The number of piperidine rings is 1. The number of para-hydroxylation sites is 1. The van der Waals surface area contributed by atoms with Crippen molar-refractivity contribution in [3.8, 4) is 11.5 Å². The number of fused-ring (bicyclic) bond motifs is 1. The molecule has 0 radical (unpaired) electrons. The summed E-state index contributed by atoms with van der Waals surface area (Å²) in [5.74, 6) is -0.133. The number of rotatable bonds is 39. The first-order valence-corrected chi connectivity index (χ1v) is 30.5. The number of aromatic nitrogens is 7. The van der Waals surface area contributed by atoms with Crippen LogP contribution in [0.25, 0.3) is 10.9 Å². The van der Waals surface area contributed by atoms with E-state index in [-0.39, 0.29) is 97.5 Å². The van der Waals surface area contributed by atoms with Gasteiger partial charge in [-0.05, 0) is 87.6 Å². The Morgan fingerprint density at radius 2 is 1.38 bits per heavy atom. The number of carboxylic acids is 1. The van der Waals surface area contributed by atoms with Gasteiger partial charge in [-0.15, -0.1) is 10.2 Å². The second kappa shape index (κ2) is 28.9. The van der Waals surface area contributed by atoms with E-state index in [0.717, 1.165) is 35.1 Å². The number of H-pyrrole nitrogens is 1. The van der Waals surface area contributed by atoms with Crippen molar-refractivity contribution in [1.29, 1.82) is 0 Å². The van der Waals surface area contributed by atoms with Gasteiger partial charge in [-0.1, -0.05) is 42.5 Å². The number of likely N-dealkylation sites (tertiary alicyclic amines) is 1. The van der Waals surface area contributed by atoms with Crippen molar-refractivity contribution in [2.24, 2.45) is 16.7 Å². The van der Waals surface area contributed by atoms with Crippen LogP contribution < -0.4 is 14.8 Å². The molecule has 25 nitrogen and oxygen atoms in total. The lowest BCUT2D eigenvalue weighted by Crippen LogP contribution is -2.78. The Kier molecular flexibility index (Phi) is 21.2. The van der Waals surface area contributed by atoms with Gasteiger partial charge < -0.3 is 73.4 Å². The summed E-state index contributed by atoms with van der Waals surface area (Å²) in [5.41, 5.74) is 1.30. The zero-order valence-corrected chi connectivity index (χ0v) is 49.5. The molecule has 1 saturated heterocycles. The molecule has 7 atom stereocenters. The number of carbonyl (C=O) groups excluding carboxylic acids is 2. The Morgan fingerprint density at radius 1 is 0.756 bits per heavy atom. The third-order valence-electron chi connectivity index (χ3n) is 18.2. The molecule has 5 heterocycles. The highest BCUT2D eigenvalue weighted by Crippen LogP contribution is 2.66. The predicted octanol–water partition coefficient (Wildman–Crippen LogP) is 3.78. The number of nitrogens with one attached hydrogen (secondary N) is 2. The fourth-order valence-corrected chi connectivity index (χ4v) is 12.8. The molecule has 5 aromatic rings. The fourth-order valence-electron chi connectivity index (χ4n) is 12.8. The maximum Gasteiger partial charge on any atom is 0.313 e. The van der Waals surface area contributed by atoms with Crippen LogP contribution in [0.15, 0.2) is 55.0 Å². The molecule has 470 valence electrons. The van der Waals surface area contributed by atoms with Crippen molar-refractivity contribution in [2.45, 2.75) is 134 Å². The highest BCUT2D eigenvalue weighted by atomic mass is 16.6. The fraction of sp³-hybridized carbons (Fsp3) is 0.656. The third kappa shape index (κ3) is 14.4. The molecule has 3 aromatic heterocycles. The number of aliphatic carboxylic acids is 1. The van der Waals surface area contributed by atoms with E-state index < -0.39 is 45.9 Å². The average molecular weight is 1200 g/mol. The third-order valence-corrected chi connectivity index (χ3v) is 18.2. The van der Waals surface area contributed by atoms with Gasteiger partial charge in [-0.2, -0.15) is 0 Å². The number of carboxylic acid groups (broad SMARTS) is 1. The number of hydrogen-bond acceptors (Lipinski definition) is 20. The molecule has 25 heteroatoms. The standard InChI is InChI=1S/C61H85N9O16/c1-3-58(36-71,38-82-34-45-32-69(66-64-45)20-24-80-28-26-78-22-14-51(73)74)40-84-41-59(4-2,37-72)39-83-35-46-33-70(67-65-46)21-25-81-29-27-79-23-15-52(75)85-49-11-10-44-30-50-61(77)16-12-48(63-57(76)47-7-5-6-43-13-18-62-54(43)47)56-60(61,53(44)55(49)86-56)17-19-68(50)31-42-8-9-42/h5-7,10-11,13,18,32-33,42,48,50,56,62,71-72,77H,3-4,8-9,12,14-17,19-31,34-41H2,1-2H3,(H,63,76)(H,73,74)/t48-,50?,56-,58?,59?,60?,61+/m0/s1. The van der Waals surface area contributed by atoms with Crippen LogP contribution in [0.3, 0.4) is 0 Å². The molecule has 1 amide bonds. The molecule has 4 unspecified atom stereocenters. The van der Waals surface area contributed by atoms with E-state index in [9.17, 15) is 29.7 Å². The molecule has 2 saturated carbocycles. The van der Waals surface area contributed by atoms with Gasteiger partial charge >= 0.3 is 11.9 Å². The van der Waals surface area contributed by atoms with Gasteiger partial charge in [0.05, 0.1) is 172 Å². The van der Waals surface area contributed by atoms with Crippen LogP contribution in [-0.4, -0.2) is 208 Å². The van der Waals surface area contributed by atoms with Crippen LogP contribution in [0.4, 0.5) is 0 Å². The van der Waals surface area contributed by atoms with Crippen molar-refractivity contribution in [3.63, 3.8) is 0 Å². The number of amides is 1. The normalized spacial score (nSPS) is 22.7. The van der Waals surface area contributed by atoms with Gasteiger partial charge in [-0.25, -0.2) is 9.36 Å². The summed E-state index contributed by atoms with van der Waals surface area (Å²) >= 11 is 0. The van der Waals surface area contributed by atoms with Gasteiger partial charge in [0.1, 0.15) is 17.5 Å². The average Bonchev–Trinajstić information content (AvgIpc) is 1.37. The number of benzene rings is 2. The maximum atomic E-state index is 14.1. The van der Waals surface area contributed by atoms with Crippen LogP contribution in [0.1, 0.15) is 105 Å². The van der Waals surface area contributed by atoms with Crippen LogP contribution in [-0.2, 0) is 80.9 Å². The molecule has 5 aliphatic rings. The minimum Gasteiger partial charge on any atom is -0.483 e. The Hall–Kier alpha value is -5.97. The lowest BCUT2D eigenvalue weighted by Gasteiger charge is -2.64. The first kappa shape index (κ1) is 63.1.